The van der Waals surface area contributed by atoms with Crippen LogP contribution in [0.25, 0.3) is 11.6 Å². The molecule has 0 heterocycles. The lowest BCUT2D eigenvalue weighted by atomic mass is 9.87. The normalized spacial score (nSPS) is 24.6. The first-order valence-electron chi connectivity index (χ1n) is 6.64. The topological polar surface area (TPSA) is 0 Å². The van der Waals surface area contributed by atoms with Crippen LogP contribution in [0.2, 0.25) is 0 Å². The summed E-state index contributed by atoms with van der Waals surface area (Å²) in [7, 11) is 0. The molecule has 0 aliphatic heterocycles. The van der Waals surface area contributed by atoms with Gasteiger partial charge < -0.3 is 0 Å². The molecule has 1 atom stereocenters. The Morgan fingerprint density at radius 3 is 2.94 bits per heavy atom. The molecule has 0 N–H and O–H groups in total. The minimum atomic E-state index is 0.705. The van der Waals surface area contributed by atoms with Gasteiger partial charge in [0.25, 0.3) is 0 Å². The van der Waals surface area contributed by atoms with Gasteiger partial charge >= 0.3 is 0 Å². The van der Waals surface area contributed by atoms with Crippen LogP contribution in [0, 0.1) is 0 Å². The van der Waals surface area contributed by atoms with Crippen molar-refractivity contribution in [3.8, 4) is 0 Å². The van der Waals surface area contributed by atoms with Gasteiger partial charge in [-0.25, -0.2) is 0 Å². The number of rotatable bonds is 0. The highest BCUT2D eigenvalue weighted by atomic mass is 14.4. The molecule has 3 aliphatic rings. The Balaban J connectivity index is 2.01. The number of hydrogen-bond donors (Lipinski definition) is 0. The second-order valence-corrected chi connectivity index (χ2v) is 5.22. The zero-order valence-corrected chi connectivity index (χ0v) is 9.95. The predicted molar refractivity (Wildman–Crippen MR) is 72.7 cm³/mol. The summed E-state index contributed by atoms with van der Waals surface area (Å²) in [4.78, 5) is 0. The third kappa shape index (κ3) is 1.24. The summed E-state index contributed by atoms with van der Waals surface area (Å²) in [6.07, 6.45) is 14.4. The molecule has 0 saturated heterocycles. The van der Waals surface area contributed by atoms with E-state index in [1.807, 2.05) is 0 Å². The maximum Gasteiger partial charge on any atom is 0.00725 e. The van der Waals surface area contributed by atoms with Gasteiger partial charge in [-0.05, 0) is 47.9 Å². The average molecular weight is 220 g/mol. The van der Waals surface area contributed by atoms with E-state index in [4.69, 9.17) is 0 Å². The van der Waals surface area contributed by atoms with Crippen LogP contribution in [0.1, 0.15) is 48.3 Å². The first-order valence-corrected chi connectivity index (χ1v) is 6.64. The fourth-order valence-corrected chi connectivity index (χ4v) is 3.62. The molecule has 17 heavy (non-hydrogen) atoms. The van der Waals surface area contributed by atoms with Crippen LogP contribution in [-0.2, 0) is 0 Å². The summed E-state index contributed by atoms with van der Waals surface area (Å²) >= 11 is 0. The third-order valence-corrected chi connectivity index (χ3v) is 4.33. The van der Waals surface area contributed by atoms with Gasteiger partial charge in [-0.2, -0.15) is 0 Å². The fraction of sp³-hybridized carbons (Fsp3) is 0.294. The standard InChI is InChI=1S/C17H16/c1-2-10-15-13-8-3-4-9-14(13)16-11-5-7-12(6-1)17(15)16/h1,4-7,9,11,15H,2-3,8,10H2. The van der Waals surface area contributed by atoms with Crippen molar-refractivity contribution in [2.45, 2.75) is 31.6 Å². The number of fused-ring (bicyclic) bond motifs is 2. The lowest BCUT2D eigenvalue weighted by Crippen LogP contribution is -2.00. The smallest absolute Gasteiger partial charge is 0.00725 e. The molecule has 0 amide bonds. The monoisotopic (exact) mass is 220 g/mol. The fourth-order valence-electron chi connectivity index (χ4n) is 3.62. The first-order chi connectivity index (χ1) is 8.45. The van der Waals surface area contributed by atoms with E-state index in [0.717, 1.165) is 0 Å². The van der Waals surface area contributed by atoms with Crippen molar-refractivity contribution >= 4 is 11.6 Å². The van der Waals surface area contributed by atoms with E-state index in [-0.39, 0.29) is 0 Å². The Hall–Kier alpha value is -1.56. The SMILES string of the molecule is C1=CC2=C(CC1)C1CCC=Cc3cccc2c31. The zero-order chi connectivity index (χ0) is 11.2. The van der Waals surface area contributed by atoms with Gasteiger partial charge in [0.15, 0.2) is 0 Å². The molecule has 3 aliphatic carbocycles. The third-order valence-electron chi connectivity index (χ3n) is 4.33. The maximum atomic E-state index is 2.35. The van der Waals surface area contributed by atoms with E-state index in [0.29, 0.717) is 5.92 Å². The lowest BCUT2D eigenvalue weighted by molar-refractivity contribution is 0.698. The molecule has 84 valence electrons. The Bertz CT molecular complexity index is 570. The molecule has 0 radical (unpaired) electrons. The van der Waals surface area contributed by atoms with Crippen molar-refractivity contribution in [3.63, 3.8) is 0 Å². The minimum absolute atomic E-state index is 0.705. The van der Waals surface area contributed by atoms with Crippen LogP contribution < -0.4 is 0 Å². The Morgan fingerprint density at radius 1 is 1.00 bits per heavy atom. The Kier molecular flexibility index (Phi) is 1.93. The molecular weight excluding hydrogens is 204 g/mol. The summed E-state index contributed by atoms with van der Waals surface area (Å²) in [5, 5.41) is 0. The van der Waals surface area contributed by atoms with Gasteiger partial charge in [-0.15, -0.1) is 0 Å². The summed E-state index contributed by atoms with van der Waals surface area (Å²) in [6, 6.07) is 6.79. The molecule has 1 aromatic carbocycles. The molecule has 1 aromatic rings. The second kappa shape index (κ2) is 3.46. The van der Waals surface area contributed by atoms with Gasteiger partial charge in [0.2, 0.25) is 0 Å². The first kappa shape index (κ1) is 9.47. The predicted octanol–water partition coefficient (Wildman–Crippen LogP) is 4.69. The van der Waals surface area contributed by atoms with Crippen LogP contribution in [0.5, 0.6) is 0 Å². The molecule has 0 saturated carbocycles. The van der Waals surface area contributed by atoms with Crippen molar-refractivity contribution in [1.29, 1.82) is 0 Å². The van der Waals surface area contributed by atoms with E-state index in [2.05, 4.69) is 42.5 Å². The summed E-state index contributed by atoms with van der Waals surface area (Å²) in [6.45, 7) is 0. The van der Waals surface area contributed by atoms with Gasteiger partial charge in [0, 0.05) is 5.92 Å². The quantitative estimate of drug-likeness (QED) is 0.594. The van der Waals surface area contributed by atoms with Gasteiger partial charge in [-0.1, -0.05) is 48.1 Å². The Morgan fingerprint density at radius 2 is 1.94 bits per heavy atom. The van der Waals surface area contributed by atoms with E-state index >= 15 is 0 Å². The lowest BCUT2D eigenvalue weighted by Gasteiger charge is -2.17. The van der Waals surface area contributed by atoms with E-state index < -0.39 is 0 Å². The van der Waals surface area contributed by atoms with Crippen molar-refractivity contribution in [3.05, 3.63) is 58.7 Å². The highest BCUT2D eigenvalue weighted by Crippen LogP contribution is 2.50. The summed E-state index contributed by atoms with van der Waals surface area (Å²) in [5.41, 5.74) is 7.81. The van der Waals surface area contributed by atoms with Crippen LogP contribution in [0.3, 0.4) is 0 Å². The average Bonchev–Trinajstić information content (AvgIpc) is 2.56. The molecule has 0 spiro atoms. The van der Waals surface area contributed by atoms with Crippen LogP contribution in [0.15, 0.2) is 42.0 Å². The largest absolute Gasteiger partial charge is 0.0839 e. The number of hydrogen-bond acceptors (Lipinski definition) is 0. The van der Waals surface area contributed by atoms with Crippen LogP contribution >= 0.6 is 0 Å². The molecule has 4 rings (SSSR count). The van der Waals surface area contributed by atoms with Crippen molar-refractivity contribution < 1.29 is 0 Å². The molecular formula is C17H16. The van der Waals surface area contributed by atoms with Gasteiger partial charge in [-0.3, -0.25) is 0 Å². The maximum absolute atomic E-state index is 2.35. The second-order valence-electron chi connectivity index (χ2n) is 5.22. The number of benzene rings is 1. The number of allylic oxidation sites excluding steroid dienone is 5. The molecule has 0 bridgehead atoms. The summed E-state index contributed by atoms with van der Waals surface area (Å²) < 4.78 is 0. The van der Waals surface area contributed by atoms with Crippen LogP contribution in [0.4, 0.5) is 0 Å². The van der Waals surface area contributed by atoms with E-state index in [9.17, 15) is 0 Å². The van der Waals surface area contributed by atoms with Crippen molar-refractivity contribution in [1.82, 2.24) is 0 Å². The summed E-state index contributed by atoms with van der Waals surface area (Å²) in [5.74, 6) is 0.705. The highest BCUT2D eigenvalue weighted by Gasteiger charge is 2.32. The zero-order valence-electron chi connectivity index (χ0n) is 9.95. The van der Waals surface area contributed by atoms with E-state index in [1.54, 1.807) is 11.1 Å². The molecule has 0 fully saturated rings. The minimum Gasteiger partial charge on any atom is -0.0839 e. The van der Waals surface area contributed by atoms with Crippen LogP contribution in [-0.4, -0.2) is 0 Å². The Labute approximate surface area is 102 Å². The molecule has 0 aromatic heterocycles. The molecule has 0 heteroatoms. The van der Waals surface area contributed by atoms with Gasteiger partial charge in [0.1, 0.15) is 0 Å². The van der Waals surface area contributed by atoms with Gasteiger partial charge in [0.05, 0.1) is 0 Å². The molecule has 0 nitrogen and oxygen atoms in total. The van der Waals surface area contributed by atoms with Crippen molar-refractivity contribution in [2.75, 3.05) is 0 Å². The molecule has 1 unspecified atom stereocenters. The van der Waals surface area contributed by atoms with E-state index in [1.165, 1.54) is 42.4 Å². The highest BCUT2D eigenvalue weighted by molar-refractivity contribution is 5.87. The van der Waals surface area contributed by atoms with Crippen molar-refractivity contribution in [2.24, 2.45) is 0 Å².